The van der Waals surface area contributed by atoms with Gasteiger partial charge in [-0.05, 0) is 37.3 Å². The van der Waals surface area contributed by atoms with Crippen molar-refractivity contribution in [3.8, 4) is 0 Å². The molecule has 114 valence electrons. The zero-order chi connectivity index (χ0) is 15.5. The quantitative estimate of drug-likeness (QED) is 0.838. The topological polar surface area (TPSA) is 69.6 Å². The highest BCUT2D eigenvalue weighted by Crippen LogP contribution is 2.30. The van der Waals surface area contributed by atoms with Gasteiger partial charge in [0.15, 0.2) is 0 Å². The van der Waals surface area contributed by atoms with Crippen molar-refractivity contribution >= 4 is 29.4 Å². The number of hydrogen-bond acceptors (Lipinski definition) is 3. The minimum atomic E-state index is -0.848. The summed E-state index contributed by atoms with van der Waals surface area (Å²) in [7, 11) is 0. The first-order valence-corrected chi connectivity index (χ1v) is 7.95. The summed E-state index contributed by atoms with van der Waals surface area (Å²) >= 11 is 1.71. The second kappa shape index (κ2) is 6.39. The van der Waals surface area contributed by atoms with Crippen LogP contribution >= 0.6 is 11.8 Å². The molecule has 5 nitrogen and oxygen atoms in total. The Balaban J connectivity index is 1.99. The number of hydrogen-bond donors (Lipinski definition) is 2. The molecule has 0 spiro atoms. The van der Waals surface area contributed by atoms with Crippen LogP contribution in [0, 0.1) is 5.41 Å². The van der Waals surface area contributed by atoms with Gasteiger partial charge in [0, 0.05) is 23.7 Å². The molecule has 0 radical (unpaired) electrons. The Bertz CT molecular complexity index is 549. The first-order chi connectivity index (χ1) is 9.94. The number of likely N-dealkylation sites (tertiary alicyclic amines) is 1. The van der Waals surface area contributed by atoms with Gasteiger partial charge < -0.3 is 15.3 Å². The van der Waals surface area contributed by atoms with Crippen molar-refractivity contribution in [3.05, 3.63) is 24.3 Å². The molecule has 6 heteroatoms. The lowest BCUT2D eigenvalue weighted by Crippen LogP contribution is -2.37. The van der Waals surface area contributed by atoms with Gasteiger partial charge in [-0.25, -0.2) is 4.79 Å². The molecule has 2 N–H and O–H groups in total. The molecule has 1 atom stereocenters. The molecule has 1 aromatic carbocycles. The Hall–Kier alpha value is -1.69. The van der Waals surface area contributed by atoms with Crippen LogP contribution in [0.5, 0.6) is 0 Å². The molecule has 2 rings (SSSR count). The van der Waals surface area contributed by atoms with Gasteiger partial charge in [0.1, 0.15) is 0 Å². The number of urea groups is 1. The minimum Gasteiger partial charge on any atom is -0.481 e. The molecular formula is C15H20N2O3S. The summed E-state index contributed by atoms with van der Waals surface area (Å²) in [5.74, 6) is 0.125. The van der Waals surface area contributed by atoms with Crippen molar-refractivity contribution in [3.63, 3.8) is 0 Å². The Morgan fingerprint density at radius 3 is 2.86 bits per heavy atom. The number of nitrogens with zero attached hydrogens (tertiary/aromatic N) is 1. The number of rotatable bonds is 4. The molecule has 0 saturated carbocycles. The first-order valence-electron chi connectivity index (χ1n) is 6.97. The Morgan fingerprint density at radius 2 is 2.24 bits per heavy atom. The number of carbonyl (C=O) groups excluding carboxylic acids is 1. The predicted molar refractivity (Wildman–Crippen MR) is 83.8 cm³/mol. The standard InChI is InChI=1S/C15H20N2O3S/c1-3-21-12-6-4-5-11(9-12)16-14(20)17-8-7-15(2,10-17)13(18)19/h4-6,9H,3,7-8,10H2,1-2H3,(H,16,20)(H,18,19). The lowest BCUT2D eigenvalue weighted by atomic mass is 9.90. The highest BCUT2D eigenvalue weighted by molar-refractivity contribution is 7.99. The van der Waals surface area contributed by atoms with E-state index in [2.05, 4.69) is 12.2 Å². The molecular weight excluding hydrogens is 288 g/mol. The van der Waals surface area contributed by atoms with E-state index in [-0.39, 0.29) is 12.6 Å². The van der Waals surface area contributed by atoms with E-state index >= 15 is 0 Å². The van der Waals surface area contributed by atoms with E-state index < -0.39 is 11.4 Å². The normalized spacial score (nSPS) is 21.3. The number of thioether (sulfide) groups is 1. The molecule has 21 heavy (non-hydrogen) atoms. The third-order valence-electron chi connectivity index (χ3n) is 3.67. The average molecular weight is 308 g/mol. The summed E-state index contributed by atoms with van der Waals surface area (Å²) in [5, 5.41) is 12.0. The van der Waals surface area contributed by atoms with Crippen LogP contribution in [-0.2, 0) is 4.79 Å². The number of amides is 2. The molecule has 1 fully saturated rings. The summed E-state index contributed by atoms with van der Waals surface area (Å²) in [6, 6.07) is 7.43. The molecule has 2 amide bonds. The molecule has 1 aromatic rings. The monoisotopic (exact) mass is 308 g/mol. The summed E-state index contributed by atoms with van der Waals surface area (Å²) in [6.45, 7) is 4.48. The van der Waals surface area contributed by atoms with Crippen LogP contribution in [0.3, 0.4) is 0 Å². The van der Waals surface area contributed by atoms with Crippen LogP contribution in [0.15, 0.2) is 29.2 Å². The zero-order valence-electron chi connectivity index (χ0n) is 12.3. The van der Waals surface area contributed by atoms with E-state index in [1.54, 1.807) is 23.6 Å². The van der Waals surface area contributed by atoms with Gasteiger partial charge in [0.2, 0.25) is 0 Å². The van der Waals surface area contributed by atoms with E-state index in [1.807, 2.05) is 24.3 Å². The fourth-order valence-corrected chi connectivity index (χ4v) is 3.06. The van der Waals surface area contributed by atoms with Crippen molar-refractivity contribution in [1.82, 2.24) is 4.90 Å². The summed E-state index contributed by atoms with van der Waals surface area (Å²) in [6.07, 6.45) is 0.488. The second-order valence-corrected chi connectivity index (χ2v) is 6.77. The van der Waals surface area contributed by atoms with Crippen molar-refractivity contribution in [2.45, 2.75) is 25.2 Å². The average Bonchev–Trinajstić information content (AvgIpc) is 2.84. The maximum Gasteiger partial charge on any atom is 0.321 e. The van der Waals surface area contributed by atoms with Crippen LogP contribution in [0.4, 0.5) is 10.5 Å². The highest BCUT2D eigenvalue weighted by atomic mass is 32.2. The molecule has 1 heterocycles. The maximum atomic E-state index is 12.2. The van der Waals surface area contributed by atoms with Gasteiger partial charge in [-0.2, -0.15) is 0 Å². The van der Waals surface area contributed by atoms with Gasteiger partial charge in [0.05, 0.1) is 5.41 Å². The van der Waals surface area contributed by atoms with Crippen molar-refractivity contribution in [2.75, 3.05) is 24.2 Å². The lowest BCUT2D eigenvalue weighted by Gasteiger charge is -2.20. The fourth-order valence-electron chi connectivity index (χ4n) is 2.34. The summed E-state index contributed by atoms with van der Waals surface area (Å²) in [5.41, 5.74) is -0.0977. The van der Waals surface area contributed by atoms with Gasteiger partial charge in [-0.15, -0.1) is 11.8 Å². The van der Waals surface area contributed by atoms with Crippen LogP contribution < -0.4 is 5.32 Å². The second-order valence-electron chi connectivity index (χ2n) is 5.43. The number of aliphatic carboxylic acids is 1. The highest BCUT2D eigenvalue weighted by Gasteiger charge is 2.42. The number of carbonyl (C=O) groups is 2. The molecule has 0 aromatic heterocycles. The van der Waals surface area contributed by atoms with Crippen molar-refractivity contribution in [1.29, 1.82) is 0 Å². The number of carboxylic acid groups (broad SMARTS) is 1. The maximum absolute atomic E-state index is 12.2. The molecule has 1 aliphatic rings. The molecule has 0 aliphatic carbocycles. The van der Waals surface area contributed by atoms with E-state index in [1.165, 1.54) is 0 Å². The SMILES string of the molecule is CCSc1cccc(NC(=O)N2CCC(C)(C(=O)O)C2)c1. The van der Waals surface area contributed by atoms with Crippen LogP contribution in [-0.4, -0.2) is 40.8 Å². The van der Waals surface area contributed by atoms with E-state index in [0.29, 0.717) is 13.0 Å². The van der Waals surface area contributed by atoms with Crippen molar-refractivity contribution in [2.24, 2.45) is 5.41 Å². The van der Waals surface area contributed by atoms with Gasteiger partial charge in [-0.1, -0.05) is 13.0 Å². The number of carboxylic acids is 1. The van der Waals surface area contributed by atoms with Crippen molar-refractivity contribution < 1.29 is 14.7 Å². The van der Waals surface area contributed by atoms with E-state index in [4.69, 9.17) is 0 Å². The molecule has 1 saturated heterocycles. The number of nitrogens with one attached hydrogen (secondary N) is 1. The van der Waals surface area contributed by atoms with Gasteiger partial charge in [0.25, 0.3) is 0 Å². The molecule has 1 unspecified atom stereocenters. The minimum absolute atomic E-state index is 0.237. The van der Waals surface area contributed by atoms with Gasteiger partial charge in [-0.3, -0.25) is 4.79 Å². The lowest BCUT2D eigenvalue weighted by molar-refractivity contribution is -0.146. The number of benzene rings is 1. The Kier molecular flexibility index (Phi) is 4.77. The summed E-state index contributed by atoms with van der Waals surface area (Å²) in [4.78, 5) is 26.1. The van der Waals surface area contributed by atoms with Crippen LogP contribution in [0.25, 0.3) is 0 Å². The fraction of sp³-hybridized carbons (Fsp3) is 0.467. The van der Waals surface area contributed by atoms with Crippen LogP contribution in [0.2, 0.25) is 0 Å². The Labute approximate surface area is 128 Å². The van der Waals surface area contributed by atoms with Crippen LogP contribution in [0.1, 0.15) is 20.3 Å². The largest absolute Gasteiger partial charge is 0.481 e. The molecule has 0 bridgehead atoms. The zero-order valence-corrected chi connectivity index (χ0v) is 13.1. The third kappa shape index (κ3) is 3.69. The third-order valence-corrected chi connectivity index (χ3v) is 4.55. The first kappa shape index (κ1) is 15.7. The number of anilines is 1. The smallest absolute Gasteiger partial charge is 0.321 e. The van der Waals surface area contributed by atoms with E-state index in [0.717, 1.165) is 16.3 Å². The Morgan fingerprint density at radius 1 is 1.48 bits per heavy atom. The summed E-state index contributed by atoms with van der Waals surface area (Å²) < 4.78 is 0. The predicted octanol–water partition coefficient (Wildman–Crippen LogP) is 3.13. The molecule has 1 aliphatic heterocycles. The van der Waals surface area contributed by atoms with E-state index in [9.17, 15) is 14.7 Å². The van der Waals surface area contributed by atoms with Gasteiger partial charge >= 0.3 is 12.0 Å².